The van der Waals surface area contributed by atoms with E-state index in [1.807, 2.05) is 31.2 Å². The first kappa shape index (κ1) is 21.6. The number of alkyl halides is 3. The third-order valence-electron chi connectivity index (χ3n) is 5.14. The zero-order chi connectivity index (χ0) is 22.1. The van der Waals surface area contributed by atoms with Crippen LogP contribution in [0.2, 0.25) is 0 Å². The fourth-order valence-corrected chi connectivity index (χ4v) is 3.26. The minimum Gasteiger partial charge on any atom is -0.497 e. The molecule has 0 saturated carbocycles. The second kappa shape index (κ2) is 8.35. The van der Waals surface area contributed by atoms with Gasteiger partial charge in [0.15, 0.2) is 0 Å². The van der Waals surface area contributed by atoms with E-state index in [0.29, 0.717) is 0 Å². The Bertz CT molecular complexity index is 945. The molecule has 1 aliphatic heterocycles. The van der Waals surface area contributed by atoms with Crippen molar-refractivity contribution in [3.63, 3.8) is 0 Å². The van der Waals surface area contributed by atoms with Crippen LogP contribution < -0.4 is 15.0 Å². The van der Waals surface area contributed by atoms with Gasteiger partial charge in [0.2, 0.25) is 11.8 Å². The van der Waals surface area contributed by atoms with E-state index < -0.39 is 17.6 Å². The molecule has 1 aliphatic rings. The Labute approximate surface area is 172 Å². The van der Waals surface area contributed by atoms with Gasteiger partial charge in [-0.15, -0.1) is 0 Å². The number of hydrogen-bond donors (Lipinski definition) is 1. The quantitative estimate of drug-likeness (QED) is 0.800. The van der Waals surface area contributed by atoms with Crippen LogP contribution >= 0.6 is 0 Å². The van der Waals surface area contributed by atoms with Gasteiger partial charge in [-0.25, -0.2) is 0 Å². The van der Waals surface area contributed by atoms with Crippen LogP contribution in [0.25, 0.3) is 0 Å². The molecule has 3 rings (SSSR count). The molecule has 30 heavy (non-hydrogen) atoms. The fourth-order valence-electron chi connectivity index (χ4n) is 3.26. The number of amides is 2. The Morgan fingerprint density at radius 1 is 1.23 bits per heavy atom. The maximum absolute atomic E-state index is 13.0. The van der Waals surface area contributed by atoms with Crippen molar-refractivity contribution in [3.8, 4) is 5.75 Å². The summed E-state index contributed by atoms with van der Waals surface area (Å²) < 4.78 is 44.1. The van der Waals surface area contributed by atoms with E-state index in [1.54, 1.807) is 19.1 Å². The van der Waals surface area contributed by atoms with Crippen molar-refractivity contribution in [2.45, 2.75) is 19.1 Å². The van der Waals surface area contributed by atoms with Crippen molar-refractivity contribution in [1.29, 1.82) is 0 Å². The van der Waals surface area contributed by atoms with E-state index in [-0.39, 0.29) is 36.4 Å². The molecule has 1 unspecified atom stereocenters. The van der Waals surface area contributed by atoms with Crippen LogP contribution in [-0.4, -0.2) is 44.0 Å². The van der Waals surface area contributed by atoms with Crippen molar-refractivity contribution in [2.24, 2.45) is 0 Å². The lowest BCUT2D eigenvalue weighted by Crippen LogP contribution is -2.46. The molecule has 0 saturated heterocycles. The zero-order valence-corrected chi connectivity index (χ0v) is 16.8. The molecule has 1 heterocycles. The molecule has 0 aromatic heterocycles. The number of benzene rings is 2. The minimum absolute atomic E-state index is 0.0130. The maximum Gasteiger partial charge on any atom is 0.416 e. The standard InChI is InChI=1S/C21H22F3N3O3/c1-13(14-4-7-16(30-3)8-5-14)26(2)12-20(29)27-11-19(28)25-17-10-15(21(22,23)24)6-9-18(17)27/h4-10,13H,11-12H2,1-3H3,(H,25,28). The largest absolute Gasteiger partial charge is 0.497 e. The van der Waals surface area contributed by atoms with Crippen LogP contribution in [0, 0.1) is 0 Å². The predicted molar refractivity (Wildman–Crippen MR) is 106 cm³/mol. The lowest BCUT2D eigenvalue weighted by molar-refractivity contribution is -0.137. The normalized spacial score (nSPS) is 14.9. The smallest absolute Gasteiger partial charge is 0.416 e. The van der Waals surface area contributed by atoms with Crippen LogP contribution in [0.1, 0.15) is 24.1 Å². The highest BCUT2D eigenvalue weighted by Gasteiger charge is 2.34. The molecule has 1 atom stereocenters. The van der Waals surface area contributed by atoms with Crippen molar-refractivity contribution in [3.05, 3.63) is 53.6 Å². The molecule has 2 amide bonds. The molecule has 0 spiro atoms. The Hall–Kier alpha value is -3.07. The molecule has 9 heteroatoms. The Morgan fingerprint density at radius 2 is 1.90 bits per heavy atom. The van der Waals surface area contributed by atoms with Crippen LogP contribution in [0.5, 0.6) is 5.75 Å². The predicted octanol–water partition coefficient (Wildman–Crippen LogP) is 3.69. The fraction of sp³-hybridized carbons (Fsp3) is 0.333. The van der Waals surface area contributed by atoms with Crippen LogP contribution in [0.3, 0.4) is 0 Å². The summed E-state index contributed by atoms with van der Waals surface area (Å²) in [6, 6.07) is 10.3. The molecule has 2 aromatic rings. The number of rotatable bonds is 5. The molecule has 1 N–H and O–H groups in total. The van der Waals surface area contributed by atoms with E-state index in [1.165, 1.54) is 11.0 Å². The number of halogens is 3. The number of nitrogens with zero attached hydrogens (tertiary/aromatic N) is 2. The zero-order valence-electron chi connectivity index (χ0n) is 16.8. The van der Waals surface area contributed by atoms with Crippen molar-refractivity contribution in [2.75, 3.05) is 37.5 Å². The molecule has 0 radical (unpaired) electrons. The number of likely N-dealkylation sites (N-methyl/N-ethyl adjacent to an activating group) is 1. The number of fused-ring (bicyclic) bond motifs is 1. The monoisotopic (exact) mass is 421 g/mol. The van der Waals surface area contributed by atoms with E-state index in [9.17, 15) is 22.8 Å². The molecule has 0 fully saturated rings. The second-order valence-corrected chi connectivity index (χ2v) is 7.12. The topological polar surface area (TPSA) is 61.9 Å². The summed E-state index contributed by atoms with van der Waals surface area (Å²) in [4.78, 5) is 27.9. The van der Waals surface area contributed by atoms with E-state index >= 15 is 0 Å². The van der Waals surface area contributed by atoms with Crippen molar-refractivity contribution >= 4 is 23.2 Å². The first-order chi connectivity index (χ1) is 14.1. The highest BCUT2D eigenvalue weighted by Crippen LogP contribution is 2.37. The second-order valence-electron chi connectivity index (χ2n) is 7.12. The van der Waals surface area contributed by atoms with Gasteiger partial charge in [-0.3, -0.25) is 19.4 Å². The number of carbonyl (C=O) groups excluding carboxylic acids is 2. The Morgan fingerprint density at radius 3 is 2.50 bits per heavy atom. The molecular weight excluding hydrogens is 399 g/mol. The minimum atomic E-state index is -4.54. The van der Waals surface area contributed by atoms with Crippen LogP contribution in [0.15, 0.2) is 42.5 Å². The number of carbonyl (C=O) groups is 2. The van der Waals surface area contributed by atoms with Gasteiger partial charge in [0, 0.05) is 6.04 Å². The maximum atomic E-state index is 13.0. The van der Waals surface area contributed by atoms with Gasteiger partial charge in [-0.1, -0.05) is 12.1 Å². The van der Waals surface area contributed by atoms with Crippen LogP contribution in [0.4, 0.5) is 24.5 Å². The molecule has 0 aliphatic carbocycles. The molecule has 6 nitrogen and oxygen atoms in total. The third-order valence-corrected chi connectivity index (χ3v) is 5.14. The van der Waals surface area contributed by atoms with Crippen molar-refractivity contribution < 1.29 is 27.5 Å². The van der Waals surface area contributed by atoms with Gasteiger partial charge in [-0.2, -0.15) is 13.2 Å². The van der Waals surface area contributed by atoms with Gasteiger partial charge >= 0.3 is 6.18 Å². The first-order valence-corrected chi connectivity index (χ1v) is 9.26. The molecule has 160 valence electrons. The lowest BCUT2D eigenvalue weighted by Gasteiger charge is -2.32. The highest BCUT2D eigenvalue weighted by molar-refractivity contribution is 6.10. The number of nitrogens with one attached hydrogen (secondary N) is 1. The van der Waals surface area contributed by atoms with Crippen molar-refractivity contribution in [1.82, 2.24) is 4.90 Å². The summed E-state index contributed by atoms with van der Waals surface area (Å²) in [5.41, 5.74) is 0.303. The number of ether oxygens (including phenoxy) is 1. The summed E-state index contributed by atoms with van der Waals surface area (Å²) in [5, 5.41) is 2.41. The number of anilines is 2. The average Bonchev–Trinajstić information content (AvgIpc) is 2.71. The van der Waals surface area contributed by atoms with E-state index in [2.05, 4.69) is 5.32 Å². The summed E-state index contributed by atoms with van der Waals surface area (Å²) in [6.07, 6.45) is -4.54. The van der Waals surface area contributed by atoms with Gasteiger partial charge in [0.05, 0.1) is 30.6 Å². The number of methoxy groups -OCH3 is 1. The molecule has 2 aromatic carbocycles. The Balaban J connectivity index is 1.77. The molecular formula is C21H22F3N3O3. The lowest BCUT2D eigenvalue weighted by atomic mass is 10.1. The average molecular weight is 421 g/mol. The summed E-state index contributed by atoms with van der Waals surface area (Å²) in [5.74, 6) is -0.200. The van der Waals surface area contributed by atoms with Gasteiger partial charge < -0.3 is 10.1 Å². The SMILES string of the molecule is COc1ccc(C(C)N(C)CC(=O)N2CC(=O)Nc3cc(C(F)(F)F)ccc32)cc1. The van der Waals surface area contributed by atoms with Gasteiger partial charge in [0.1, 0.15) is 12.3 Å². The van der Waals surface area contributed by atoms with Gasteiger partial charge in [-0.05, 0) is 49.9 Å². The van der Waals surface area contributed by atoms with E-state index in [4.69, 9.17) is 4.74 Å². The highest BCUT2D eigenvalue weighted by atomic mass is 19.4. The van der Waals surface area contributed by atoms with E-state index in [0.717, 1.165) is 23.4 Å². The third kappa shape index (κ3) is 4.56. The summed E-state index contributed by atoms with van der Waals surface area (Å²) in [7, 11) is 3.35. The summed E-state index contributed by atoms with van der Waals surface area (Å²) in [6.45, 7) is 1.67. The number of hydrogen-bond acceptors (Lipinski definition) is 4. The van der Waals surface area contributed by atoms with Gasteiger partial charge in [0.25, 0.3) is 0 Å². The summed E-state index contributed by atoms with van der Waals surface area (Å²) >= 11 is 0. The first-order valence-electron chi connectivity index (χ1n) is 9.26. The molecule has 0 bridgehead atoms. The Kier molecular flexibility index (Phi) is 6.02. The van der Waals surface area contributed by atoms with Crippen LogP contribution in [-0.2, 0) is 15.8 Å².